The van der Waals surface area contributed by atoms with Crippen LogP contribution in [0.2, 0.25) is 0 Å². The number of carbonyl (C=O) groups is 1. The molecule has 1 aromatic heterocycles. The number of rotatable bonds is 5. The van der Waals surface area contributed by atoms with Crippen LogP contribution < -0.4 is 15.8 Å². The third-order valence-electron chi connectivity index (χ3n) is 2.09. The number of nitrogen functional groups attached to an aromatic ring is 1. The Labute approximate surface area is 106 Å². The Balaban J connectivity index is 2.51. The number of hydrogen-bond acceptors (Lipinski definition) is 5. The van der Waals surface area contributed by atoms with E-state index in [-0.39, 0.29) is 24.6 Å². The minimum atomic E-state index is -3.24. The van der Waals surface area contributed by atoms with Gasteiger partial charge in [0.05, 0.1) is 11.8 Å². The molecule has 1 amide bonds. The normalized spacial score (nSPS) is 11.2. The van der Waals surface area contributed by atoms with E-state index in [4.69, 9.17) is 5.73 Å². The van der Waals surface area contributed by atoms with Crippen LogP contribution in [-0.2, 0) is 10.0 Å². The molecule has 100 valence electrons. The van der Waals surface area contributed by atoms with E-state index in [1.807, 2.05) is 0 Å². The van der Waals surface area contributed by atoms with Gasteiger partial charge in [0.15, 0.2) is 0 Å². The monoisotopic (exact) mass is 272 g/mol. The van der Waals surface area contributed by atoms with Crippen molar-refractivity contribution >= 4 is 21.6 Å². The quantitative estimate of drug-likeness (QED) is 0.610. The van der Waals surface area contributed by atoms with Gasteiger partial charge in [-0.3, -0.25) is 9.78 Å². The molecule has 0 radical (unpaired) electrons. The van der Waals surface area contributed by atoms with Crippen LogP contribution in [0.3, 0.4) is 0 Å². The minimum absolute atomic E-state index is 0.129. The number of nitrogens with zero attached hydrogens (tertiary/aromatic N) is 1. The van der Waals surface area contributed by atoms with Gasteiger partial charge in [0.1, 0.15) is 0 Å². The third kappa shape index (κ3) is 4.68. The van der Waals surface area contributed by atoms with Gasteiger partial charge in [-0.25, -0.2) is 13.1 Å². The molecule has 0 aliphatic carbocycles. The van der Waals surface area contributed by atoms with Crippen molar-refractivity contribution in [3.63, 3.8) is 0 Å². The molecule has 0 spiro atoms. The molecule has 0 saturated heterocycles. The Morgan fingerprint density at radius 3 is 2.67 bits per heavy atom. The summed E-state index contributed by atoms with van der Waals surface area (Å²) in [6.07, 6.45) is 2.45. The summed E-state index contributed by atoms with van der Waals surface area (Å²) >= 11 is 0. The summed E-state index contributed by atoms with van der Waals surface area (Å²) in [5.74, 6) is -0.379. The minimum Gasteiger partial charge on any atom is -0.398 e. The summed E-state index contributed by atoms with van der Waals surface area (Å²) in [5.41, 5.74) is 7.03. The zero-order valence-corrected chi connectivity index (χ0v) is 11.0. The molecule has 0 atom stereocenters. The number of hydrogen-bond donors (Lipinski definition) is 3. The lowest BCUT2D eigenvalue weighted by Crippen LogP contribution is -2.34. The van der Waals surface area contributed by atoms with Crippen molar-refractivity contribution in [2.24, 2.45) is 0 Å². The molecule has 0 bridgehead atoms. The molecule has 0 unspecified atom stereocenters. The molecule has 4 N–H and O–H groups in total. The van der Waals surface area contributed by atoms with Gasteiger partial charge in [-0.05, 0) is 13.0 Å². The number of carbonyl (C=O) groups excluding carboxylic acids is 1. The van der Waals surface area contributed by atoms with Crippen LogP contribution in [0.15, 0.2) is 12.3 Å². The number of nitrogens with one attached hydrogen (secondary N) is 2. The predicted octanol–water partition coefficient (Wildman–Crippen LogP) is -0.749. The van der Waals surface area contributed by atoms with E-state index < -0.39 is 10.0 Å². The van der Waals surface area contributed by atoms with Gasteiger partial charge in [-0.15, -0.1) is 0 Å². The topological polar surface area (TPSA) is 114 Å². The first kappa shape index (κ1) is 14.4. The summed E-state index contributed by atoms with van der Waals surface area (Å²) in [5, 5.41) is 2.55. The average molecular weight is 272 g/mol. The highest BCUT2D eigenvalue weighted by molar-refractivity contribution is 7.88. The molecule has 0 saturated carbocycles. The number of aromatic nitrogens is 1. The molecule has 1 aromatic rings. The van der Waals surface area contributed by atoms with E-state index in [2.05, 4.69) is 15.0 Å². The van der Waals surface area contributed by atoms with Crippen molar-refractivity contribution in [2.75, 3.05) is 25.1 Å². The van der Waals surface area contributed by atoms with Crippen molar-refractivity contribution in [2.45, 2.75) is 6.92 Å². The van der Waals surface area contributed by atoms with Crippen molar-refractivity contribution in [1.29, 1.82) is 0 Å². The molecule has 7 nitrogen and oxygen atoms in total. The van der Waals surface area contributed by atoms with E-state index in [1.54, 1.807) is 13.0 Å². The molecule has 18 heavy (non-hydrogen) atoms. The van der Waals surface area contributed by atoms with Crippen molar-refractivity contribution in [3.05, 3.63) is 23.5 Å². The lowest BCUT2D eigenvalue weighted by molar-refractivity contribution is 0.0955. The zero-order valence-electron chi connectivity index (χ0n) is 10.2. The standard InChI is InChI=1S/C10H16N4O3S/c1-7-5-9(11)8(6-13-7)10(15)12-3-4-14-18(2,16)17/h5-6,14H,3-4H2,1-2H3,(H2,11,13)(H,12,15). The summed E-state index contributed by atoms with van der Waals surface area (Å²) in [4.78, 5) is 15.7. The van der Waals surface area contributed by atoms with E-state index in [1.165, 1.54) is 6.20 Å². The maximum Gasteiger partial charge on any atom is 0.254 e. The van der Waals surface area contributed by atoms with Crippen molar-refractivity contribution < 1.29 is 13.2 Å². The lowest BCUT2D eigenvalue weighted by Gasteiger charge is -2.07. The highest BCUT2D eigenvalue weighted by Gasteiger charge is 2.09. The zero-order chi connectivity index (χ0) is 13.8. The lowest BCUT2D eigenvalue weighted by atomic mass is 10.2. The summed E-state index contributed by atoms with van der Waals surface area (Å²) in [6.45, 7) is 2.08. The first-order valence-electron chi connectivity index (χ1n) is 5.24. The van der Waals surface area contributed by atoms with Crippen LogP contribution >= 0.6 is 0 Å². The molecule has 1 rings (SSSR count). The Morgan fingerprint density at radius 2 is 2.11 bits per heavy atom. The fourth-order valence-corrected chi connectivity index (χ4v) is 1.75. The first-order chi connectivity index (χ1) is 8.29. The number of nitrogens with two attached hydrogens (primary N) is 1. The molecule has 0 aliphatic heterocycles. The maximum absolute atomic E-state index is 11.7. The molecule has 8 heteroatoms. The van der Waals surface area contributed by atoms with Gasteiger partial charge in [-0.1, -0.05) is 0 Å². The van der Waals surface area contributed by atoms with Crippen LogP contribution in [-0.4, -0.2) is 38.7 Å². The van der Waals surface area contributed by atoms with Gasteiger partial charge in [0.25, 0.3) is 5.91 Å². The van der Waals surface area contributed by atoms with Crippen LogP contribution in [0.25, 0.3) is 0 Å². The van der Waals surface area contributed by atoms with Gasteiger partial charge in [0, 0.05) is 30.7 Å². The van der Waals surface area contributed by atoms with Crippen LogP contribution in [0.4, 0.5) is 5.69 Å². The van der Waals surface area contributed by atoms with E-state index in [9.17, 15) is 13.2 Å². The summed E-state index contributed by atoms with van der Waals surface area (Å²) in [7, 11) is -3.24. The van der Waals surface area contributed by atoms with Crippen molar-refractivity contribution in [1.82, 2.24) is 15.0 Å². The summed E-state index contributed by atoms with van der Waals surface area (Å²) < 4.78 is 23.8. The Bertz CT molecular complexity index is 542. The van der Waals surface area contributed by atoms with Crippen LogP contribution in [0.1, 0.15) is 16.1 Å². The largest absolute Gasteiger partial charge is 0.398 e. The number of anilines is 1. The molecule has 0 fully saturated rings. The average Bonchev–Trinajstić information content (AvgIpc) is 2.22. The molecular weight excluding hydrogens is 256 g/mol. The molecule has 0 aliphatic rings. The van der Waals surface area contributed by atoms with E-state index in [0.29, 0.717) is 5.69 Å². The van der Waals surface area contributed by atoms with Crippen LogP contribution in [0.5, 0.6) is 0 Å². The van der Waals surface area contributed by atoms with Gasteiger partial charge >= 0.3 is 0 Å². The Kier molecular flexibility index (Phi) is 4.62. The first-order valence-corrected chi connectivity index (χ1v) is 7.13. The van der Waals surface area contributed by atoms with Crippen LogP contribution in [0, 0.1) is 6.92 Å². The Morgan fingerprint density at radius 1 is 1.44 bits per heavy atom. The second-order valence-corrected chi connectivity index (χ2v) is 5.67. The van der Waals surface area contributed by atoms with Gasteiger partial charge in [0.2, 0.25) is 10.0 Å². The van der Waals surface area contributed by atoms with Gasteiger partial charge < -0.3 is 11.1 Å². The second-order valence-electron chi connectivity index (χ2n) is 3.84. The summed E-state index contributed by atoms with van der Waals surface area (Å²) in [6, 6.07) is 1.60. The third-order valence-corrected chi connectivity index (χ3v) is 2.82. The molecule has 0 aromatic carbocycles. The smallest absolute Gasteiger partial charge is 0.254 e. The number of pyridine rings is 1. The highest BCUT2D eigenvalue weighted by atomic mass is 32.2. The molecular formula is C10H16N4O3S. The number of sulfonamides is 1. The van der Waals surface area contributed by atoms with Crippen molar-refractivity contribution in [3.8, 4) is 0 Å². The predicted molar refractivity (Wildman–Crippen MR) is 68.6 cm³/mol. The van der Waals surface area contributed by atoms with E-state index in [0.717, 1.165) is 11.9 Å². The Hall–Kier alpha value is -1.67. The second kappa shape index (κ2) is 5.78. The fraction of sp³-hybridized carbons (Fsp3) is 0.400. The van der Waals surface area contributed by atoms with Gasteiger partial charge in [-0.2, -0.15) is 0 Å². The molecule has 1 heterocycles. The van der Waals surface area contributed by atoms with E-state index >= 15 is 0 Å². The number of amides is 1. The number of aryl methyl sites for hydroxylation is 1. The SMILES string of the molecule is Cc1cc(N)c(C(=O)NCCNS(C)(=O)=O)cn1. The highest BCUT2D eigenvalue weighted by Crippen LogP contribution is 2.10. The fourth-order valence-electron chi connectivity index (χ4n) is 1.28. The maximum atomic E-state index is 11.7.